The lowest BCUT2D eigenvalue weighted by atomic mass is 10.2. The van der Waals surface area contributed by atoms with Crippen molar-refractivity contribution in [2.45, 2.75) is 38.1 Å². The van der Waals surface area contributed by atoms with Crippen molar-refractivity contribution in [2.24, 2.45) is 0 Å². The van der Waals surface area contributed by atoms with Crippen LogP contribution in [0, 0.1) is 0 Å². The van der Waals surface area contributed by atoms with Gasteiger partial charge >= 0.3 is 0 Å². The van der Waals surface area contributed by atoms with Crippen molar-refractivity contribution in [3.8, 4) is 0 Å². The highest BCUT2D eigenvalue weighted by Crippen LogP contribution is 2.05. The first kappa shape index (κ1) is 11.9. The normalized spacial score (nSPS) is 24.4. The monoisotopic (exact) mass is 202 g/mol. The van der Waals surface area contributed by atoms with Crippen LogP contribution < -0.4 is 10.6 Å². The zero-order chi connectivity index (χ0) is 10.4. The average molecular weight is 202 g/mol. The molecule has 1 aliphatic heterocycles. The van der Waals surface area contributed by atoms with Crippen LogP contribution in [0.15, 0.2) is 0 Å². The van der Waals surface area contributed by atoms with Gasteiger partial charge in [0.25, 0.3) is 0 Å². The van der Waals surface area contributed by atoms with E-state index >= 15 is 0 Å². The summed E-state index contributed by atoms with van der Waals surface area (Å²) in [5, 5.41) is 6.86. The molecule has 0 amide bonds. The minimum absolute atomic E-state index is 0.156. The van der Waals surface area contributed by atoms with E-state index in [1.165, 1.54) is 12.8 Å². The maximum atomic E-state index is 5.17. The molecule has 0 aromatic carbocycles. The van der Waals surface area contributed by atoms with E-state index in [4.69, 9.17) is 9.47 Å². The molecule has 0 aromatic heterocycles. The maximum Gasteiger partial charge on any atom is 0.171 e. The second-order valence-corrected chi connectivity index (χ2v) is 3.83. The molecule has 0 bridgehead atoms. The lowest BCUT2D eigenvalue weighted by Crippen LogP contribution is -2.44. The van der Waals surface area contributed by atoms with Crippen molar-refractivity contribution in [1.82, 2.24) is 10.6 Å². The summed E-state index contributed by atoms with van der Waals surface area (Å²) in [6.45, 7) is 4.22. The van der Waals surface area contributed by atoms with Crippen LogP contribution in [0.25, 0.3) is 0 Å². The zero-order valence-electron chi connectivity index (χ0n) is 9.38. The van der Waals surface area contributed by atoms with Crippen LogP contribution in [0.3, 0.4) is 0 Å². The van der Waals surface area contributed by atoms with Crippen molar-refractivity contribution >= 4 is 0 Å². The molecule has 1 saturated heterocycles. The first-order valence-electron chi connectivity index (χ1n) is 5.30. The Hall–Kier alpha value is -0.160. The third-order valence-corrected chi connectivity index (χ3v) is 2.72. The van der Waals surface area contributed by atoms with Gasteiger partial charge in [0.1, 0.15) is 0 Å². The molecule has 1 aliphatic rings. The lowest BCUT2D eigenvalue weighted by molar-refractivity contribution is -0.119. The van der Waals surface area contributed by atoms with E-state index < -0.39 is 0 Å². The smallest absolute Gasteiger partial charge is 0.171 e. The van der Waals surface area contributed by atoms with Crippen molar-refractivity contribution in [2.75, 3.05) is 27.3 Å². The van der Waals surface area contributed by atoms with Crippen LogP contribution in [0.1, 0.15) is 19.8 Å². The third kappa shape index (κ3) is 3.53. The molecule has 4 heteroatoms. The predicted molar refractivity (Wildman–Crippen MR) is 56.3 cm³/mol. The summed E-state index contributed by atoms with van der Waals surface area (Å²) >= 11 is 0. The first-order chi connectivity index (χ1) is 6.77. The number of ether oxygens (including phenoxy) is 2. The minimum Gasteiger partial charge on any atom is -0.354 e. The number of methoxy groups -OCH3 is 2. The molecule has 0 saturated carbocycles. The van der Waals surface area contributed by atoms with Crippen LogP contribution in [0.4, 0.5) is 0 Å². The van der Waals surface area contributed by atoms with Gasteiger partial charge in [-0.2, -0.15) is 0 Å². The van der Waals surface area contributed by atoms with Gasteiger partial charge in [-0.05, 0) is 26.3 Å². The highest BCUT2D eigenvalue weighted by atomic mass is 16.7. The average Bonchev–Trinajstić information content (AvgIpc) is 2.69. The number of hydrogen-bond donors (Lipinski definition) is 2. The van der Waals surface area contributed by atoms with Crippen LogP contribution in [-0.4, -0.2) is 45.7 Å². The molecule has 0 aliphatic carbocycles. The quantitative estimate of drug-likeness (QED) is 0.609. The van der Waals surface area contributed by atoms with Gasteiger partial charge in [0.2, 0.25) is 0 Å². The largest absolute Gasteiger partial charge is 0.354 e. The third-order valence-electron chi connectivity index (χ3n) is 2.72. The summed E-state index contributed by atoms with van der Waals surface area (Å²) in [6, 6.07) is 0.846. The number of hydrogen-bond acceptors (Lipinski definition) is 4. The summed E-state index contributed by atoms with van der Waals surface area (Å²) in [6.07, 6.45) is 2.40. The molecule has 1 rings (SSSR count). The van der Waals surface area contributed by atoms with E-state index in [1.807, 2.05) is 0 Å². The van der Waals surface area contributed by atoms with Gasteiger partial charge in [-0.3, -0.25) is 0 Å². The standard InChI is InChI=1S/C10H22N2O2/c1-8(10(13-2)14-3)12-7-9-5-4-6-11-9/h8-12H,4-7H2,1-3H3. The Morgan fingerprint density at radius 3 is 2.64 bits per heavy atom. The lowest BCUT2D eigenvalue weighted by Gasteiger charge is -2.23. The Morgan fingerprint density at radius 2 is 2.14 bits per heavy atom. The van der Waals surface area contributed by atoms with Gasteiger partial charge in [-0.15, -0.1) is 0 Å². The van der Waals surface area contributed by atoms with E-state index in [2.05, 4.69) is 17.6 Å². The molecule has 0 spiro atoms. The molecular weight excluding hydrogens is 180 g/mol. The molecule has 1 heterocycles. The molecule has 2 atom stereocenters. The van der Waals surface area contributed by atoms with Crippen molar-refractivity contribution in [3.05, 3.63) is 0 Å². The van der Waals surface area contributed by atoms with Crippen LogP contribution in [0.5, 0.6) is 0 Å². The minimum atomic E-state index is -0.156. The molecule has 84 valence electrons. The molecule has 14 heavy (non-hydrogen) atoms. The molecule has 0 aromatic rings. The Labute approximate surface area is 86.3 Å². The molecule has 0 radical (unpaired) electrons. The van der Waals surface area contributed by atoms with E-state index in [0.29, 0.717) is 6.04 Å². The Balaban J connectivity index is 2.15. The SMILES string of the molecule is COC(OC)C(C)NCC1CCCN1. The highest BCUT2D eigenvalue weighted by molar-refractivity contribution is 4.78. The molecule has 4 nitrogen and oxygen atoms in total. The molecule has 1 fully saturated rings. The summed E-state index contributed by atoms with van der Waals surface area (Å²) in [4.78, 5) is 0. The van der Waals surface area contributed by atoms with Gasteiger partial charge in [-0.1, -0.05) is 0 Å². The van der Waals surface area contributed by atoms with Crippen LogP contribution in [-0.2, 0) is 9.47 Å². The van der Waals surface area contributed by atoms with Gasteiger partial charge in [0, 0.05) is 26.8 Å². The second-order valence-electron chi connectivity index (χ2n) is 3.83. The van der Waals surface area contributed by atoms with E-state index in [9.17, 15) is 0 Å². The Kier molecular flexibility index (Phi) is 5.40. The molecular formula is C10H22N2O2. The van der Waals surface area contributed by atoms with Crippen LogP contribution >= 0.6 is 0 Å². The number of nitrogens with one attached hydrogen (secondary N) is 2. The van der Waals surface area contributed by atoms with E-state index in [1.54, 1.807) is 14.2 Å². The fourth-order valence-corrected chi connectivity index (χ4v) is 1.86. The van der Waals surface area contributed by atoms with Gasteiger partial charge in [0.15, 0.2) is 6.29 Å². The van der Waals surface area contributed by atoms with E-state index in [0.717, 1.165) is 13.1 Å². The van der Waals surface area contributed by atoms with Gasteiger partial charge in [-0.25, -0.2) is 0 Å². The van der Waals surface area contributed by atoms with E-state index in [-0.39, 0.29) is 12.3 Å². The fraction of sp³-hybridized carbons (Fsp3) is 1.00. The Bertz CT molecular complexity index is 145. The van der Waals surface area contributed by atoms with Gasteiger partial charge < -0.3 is 20.1 Å². The highest BCUT2D eigenvalue weighted by Gasteiger charge is 2.18. The van der Waals surface area contributed by atoms with Crippen LogP contribution in [0.2, 0.25) is 0 Å². The maximum absolute atomic E-state index is 5.17. The van der Waals surface area contributed by atoms with Crippen molar-refractivity contribution in [1.29, 1.82) is 0 Å². The topological polar surface area (TPSA) is 42.5 Å². The fourth-order valence-electron chi connectivity index (χ4n) is 1.86. The summed E-state index contributed by atoms with van der Waals surface area (Å²) in [7, 11) is 3.33. The zero-order valence-corrected chi connectivity index (χ0v) is 9.38. The first-order valence-corrected chi connectivity index (χ1v) is 5.30. The molecule has 2 N–H and O–H groups in total. The van der Waals surface area contributed by atoms with Gasteiger partial charge in [0.05, 0.1) is 6.04 Å². The summed E-state index contributed by atoms with van der Waals surface area (Å²) in [5.41, 5.74) is 0. The second kappa shape index (κ2) is 6.35. The number of rotatable bonds is 6. The summed E-state index contributed by atoms with van der Waals surface area (Å²) < 4.78 is 10.3. The predicted octanol–water partition coefficient (Wildman–Crippen LogP) is 0.335. The van der Waals surface area contributed by atoms with Crippen molar-refractivity contribution in [3.63, 3.8) is 0 Å². The van der Waals surface area contributed by atoms with Crippen molar-refractivity contribution < 1.29 is 9.47 Å². The summed E-state index contributed by atoms with van der Waals surface area (Å²) in [5.74, 6) is 0. The Morgan fingerprint density at radius 1 is 1.43 bits per heavy atom. The molecule has 2 unspecified atom stereocenters.